The highest BCUT2D eigenvalue weighted by atomic mass is 16.2. The quantitative estimate of drug-likeness (QED) is 0.851. The molecule has 2 rings (SSSR count). The van der Waals surface area contributed by atoms with Crippen LogP contribution in [0, 0.1) is 13.8 Å². The SMILES string of the molecule is CCCN1CCC(NC(=O)Cn2nc(C)c(N)c2C)CC1. The highest BCUT2D eigenvalue weighted by Gasteiger charge is 2.20. The van der Waals surface area contributed by atoms with Crippen molar-refractivity contribution in [2.45, 2.75) is 52.6 Å². The molecule has 118 valence electrons. The number of nitrogens with zero attached hydrogens (tertiary/aromatic N) is 3. The monoisotopic (exact) mass is 293 g/mol. The molecule has 1 aliphatic rings. The maximum absolute atomic E-state index is 12.1. The molecule has 1 aliphatic heterocycles. The van der Waals surface area contributed by atoms with Gasteiger partial charge in [0.25, 0.3) is 0 Å². The predicted molar refractivity (Wildman–Crippen MR) is 84.0 cm³/mol. The zero-order valence-corrected chi connectivity index (χ0v) is 13.4. The minimum Gasteiger partial charge on any atom is -0.396 e. The van der Waals surface area contributed by atoms with Crippen LogP contribution >= 0.6 is 0 Å². The Morgan fingerprint density at radius 3 is 2.57 bits per heavy atom. The molecule has 0 saturated carbocycles. The second-order valence-electron chi connectivity index (χ2n) is 5.93. The zero-order chi connectivity index (χ0) is 15.4. The molecule has 0 radical (unpaired) electrons. The van der Waals surface area contributed by atoms with E-state index in [1.54, 1.807) is 4.68 Å². The first kappa shape index (κ1) is 15.8. The Hall–Kier alpha value is -1.56. The van der Waals surface area contributed by atoms with E-state index in [0.29, 0.717) is 11.7 Å². The Labute approximate surface area is 126 Å². The summed E-state index contributed by atoms with van der Waals surface area (Å²) >= 11 is 0. The number of nitrogens with two attached hydrogens (primary N) is 1. The molecule has 0 atom stereocenters. The number of nitrogen functional groups attached to an aromatic ring is 1. The van der Waals surface area contributed by atoms with Gasteiger partial charge in [0.2, 0.25) is 5.91 Å². The fraction of sp³-hybridized carbons (Fsp3) is 0.733. The van der Waals surface area contributed by atoms with E-state index < -0.39 is 0 Å². The van der Waals surface area contributed by atoms with E-state index in [0.717, 1.165) is 43.9 Å². The molecule has 0 unspecified atom stereocenters. The van der Waals surface area contributed by atoms with Gasteiger partial charge in [-0.3, -0.25) is 9.48 Å². The summed E-state index contributed by atoms with van der Waals surface area (Å²) < 4.78 is 1.69. The lowest BCUT2D eigenvalue weighted by molar-refractivity contribution is -0.122. The number of aryl methyl sites for hydroxylation is 1. The lowest BCUT2D eigenvalue weighted by atomic mass is 10.0. The van der Waals surface area contributed by atoms with Gasteiger partial charge in [-0.2, -0.15) is 5.10 Å². The number of likely N-dealkylation sites (tertiary alicyclic amines) is 1. The molecule has 1 aromatic rings. The van der Waals surface area contributed by atoms with Crippen LogP contribution in [0.15, 0.2) is 0 Å². The highest BCUT2D eigenvalue weighted by molar-refractivity contribution is 5.76. The van der Waals surface area contributed by atoms with Gasteiger partial charge in [-0.25, -0.2) is 0 Å². The minimum absolute atomic E-state index is 0.0227. The molecule has 3 N–H and O–H groups in total. The molecule has 1 amide bonds. The molecule has 0 aromatic carbocycles. The number of nitrogens with one attached hydrogen (secondary N) is 1. The summed E-state index contributed by atoms with van der Waals surface area (Å²) in [4.78, 5) is 14.6. The predicted octanol–water partition coefficient (Wildman–Crippen LogP) is 1.07. The smallest absolute Gasteiger partial charge is 0.241 e. The van der Waals surface area contributed by atoms with Crippen LogP contribution in [0.5, 0.6) is 0 Å². The Kier molecular flexibility index (Phi) is 5.22. The van der Waals surface area contributed by atoms with Crippen molar-refractivity contribution in [3.63, 3.8) is 0 Å². The summed E-state index contributed by atoms with van der Waals surface area (Å²) in [7, 11) is 0. The first-order valence-electron chi connectivity index (χ1n) is 7.82. The third-order valence-corrected chi connectivity index (χ3v) is 4.22. The Bertz CT molecular complexity index is 488. The molecule has 1 aromatic heterocycles. The van der Waals surface area contributed by atoms with E-state index in [2.05, 4.69) is 22.2 Å². The van der Waals surface area contributed by atoms with Crippen molar-refractivity contribution in [1.82, 2.24) is 20.0 Å². The van der Waals surface area contributed by atoms with Crippen LogP contribution in [0.2, 0.25) is 0 Å². The molecule has 0 aliphatic carbocycles. The number of piperidine rings is 1. The summed E-state index contributed by atoms with van der Waals surface area (Å²) in [5.41, 5.74) is 8.21. The lowest BCUT2D eigenvalue weighted by Crippen LogP contribution is -2.45. The molecule has 1 saturated heterocycles. The van der Waals surface area contributed by atoms with Crippen LogP contribution < -0.4 is 11.1 Å². The summed E-state index contributed by atoms with van der Waals surface area (Å²) in [6.07, 6.45) is 3.26. The summed E-state index contributed by atoms with van der Waals surface area (Å²) in [5, 5.41) is 7.42. The topological polar surface area (TPSA) is 76.2 Å². The molecule has 21 heavy (non-hydrogen) atoms. The largest absolute Gasteiger partial charge is 0.396 e. The van der Waals surface area contributed by atoms with Crippen LogP contribution in [-0.2, 0) is 11.3 Å². The van der Waals surface area contributed by atoms with Crippen molar-refractivity contribution < 1.29 is 4.79 Å². The van der Waals surface area contributed by atoms with Crippen LogP contribution in [0.4, 0.5) is 5.69 Å². The molecular formula is C15H27N5O. The normalized spacial score (nSPS) is 17.1. The summed E-state index contributed by atoms with van der Waals surface area (Å²) in [5.74, 6) is 0.0227. The van der Waals surface area contributed by atoms with E-state index in [1.165, 1.54) is 6.42 Å². The summed E-state index contributed by atoms with van der Waals surface area (Å²) in [6.45, 7) is 9.52. The van der Waals surface area contributed by atoms with Gasteiger partial charge in [0.05, 0.1) is 17.1 Å². The number of amides is 1. The van der Waals surface area contributed by atoms with Crippen molar-refractivity contribution >= 4 is 11.6 Å². The van der Waals surface area contributed by atoms with Gasteiger partial charge in [0.15, 0.2) is 0 Å². The molecule has 0 bridgehead atoms. The van der Waals surface area contributed by atoms with Gasteiger partial charge in [0, 0.05) is 19.1 Å². The first-order valence-corrected chi connectivity index (χ1v) is 7.82. The Morgan fingerprint density at radius 2 is 2.05 bits per heavy atom. The van der Waals surface area contributed by atoms with Crippen LogP contribution in [0.25, 0.3) is 0 Å². The van der Waals surface area contributed by atoms with Crippen molar-refractivity contribution in [2.75, 3.05) is 25.4 Å². The second kappa shape index (κ2) is 6.93. The first-order chi connectivity index (χ1) is 10.0. The number of rotatable bonds is 5. The second-order valence-corrected chi connectivity index (χ2v) is 5.93. The van der Waals surface area contributed by atoms with Gasteiger partial charge in [-0.1, -0.05) is 6.92 Å². The molecule has 0 spiro atoms. The van der Waals surface area contributed by atoms with Crippen molar-refractivity contribution in [3.05, 3.63) is 11.4 Å². The number of aromatic nitrogens is 2. The minimum atomic E-state index is 0.0227. The van der Waals surface area contributed by atoms with Gasteiger partial charge < -0.3 is 16.0 Å². The van der Waals surface area contributed by atoms with Gasteiger partial charge >= 0.3 is 0 Å². The molecular weight excluding hydrogens is 266 g/mol. The van der Waals surface area contributed by atoms with E-state index in [9.17, 15) is 4.79 Å². The lowest BCUT2D eigenvalue weighted by Gasteiger charge is -2.32. The van der Waals surface area contributed by atoms with Crippen LogP contribution in [0.3, 0.4) is 0 Å². The number of carbonyl (C=O) groups is 1. The average Bonchev–Trinajstić information content (AvgIpc) is 2.69. The van der Waals surface area contributed by atoms with Crippen molar-refractivity contribution in [3.8, 4) is 0 Å². The number of carbonyl (C=O) groups excluding carboxylic acids is 1. The molecule has 1 fully saturated rings. The summed E-state index contributed by atoms with van der Waals surface area (Å²) in [6, 6.07) is 0.292. The van der Waals surface area contributed by atoms with E-state index in [-0.39, 0.29) is 12.5 Å². The number of anilines is 1. The Balaban J connectivity index is 1.81. The maximum Gasteiger partial charge on any atom is 0.241 e. The van der Waals surface area contributed by atoms with E-state index >= 15 is 0 Å². The third kappa shape index (κ3) is 3.97. The highest BCUT2D eigenvalue weighted by Crippen LogP contribution is 2.15. The molecule has 6 nitrogen and oxygen atoms in total. The van der Waals surface area contributed by atoms with E-state index in [1.807, 2.05) is 13.8 Å². The zero-order valence-electron chi connectivity index (χ0n) is 13.4. The fourth-order valence-corrected chi connectivity index (χ4v) is 2.89. The van der Waals surface area contributed by atoms with Crippen LogP contribution in [-0.4, -0.2) is 46.3 Å². The van der Waals surface area contributed by atoms with E-state index in [4.69, 9.17) is 5.73 Å². The fourth-order valence-electron chi connectivity index (χ4n) is 2.89. The number of hydrogen-bond acceptors (Lipinski definition) is 4. The third-order valence-electron chi connectivity index (χ3n) is 4.22. The molecule has 6 heteroatoms. The average molecular weight is 293 g/mol. The number of hydrogen-bond donors (Lipinski definition) is 2. The van der Waals surface area contributed by atoms with Crippen molar-refractivity contribution in [1.29, 1.82) is 0 Å². The Morgan fingerprint density at radius 1 is 1.38 bits per heavy atom. The van der Waals surface area contributed by atoms with Crippen LogP contribution in [0.1, 0.15) is 37.6 Å². The van der Waals surface area contributed by atoms with Gasteiger partial charge in [0.1, 0.15) is 6.54 Å². The van der Waals surface area contributed by atoms with Crippen molar-refractivity contribution in [2.24, 2.45) is 0 Å². The molecule has 2 heterocycles. The van der Waals surface area contributed by atoms with Gasteiger partial charge in [-0.15, -0.1) is 0 Å². The standard InChI is InChI=1S/C15H27N5O/c1-4-7-19-8-5-13(6-9-19)17-14(21)10-20-12(3)15(16)11(2)18-20/h13H,4-10,16H2,1-3H3,(H,17,21). The maximum atomic E-state index is 12.1. The van der Waals surface area contributed by atoms with Gasteiger partial charge in [-0.05, 0) is 39.7 Å².